The molecule has 0 spiro atoms. The zero-order valence-electron chi connectivity index (χ0n) is 38.9. The monoisotopic (exact) mass is 840 g/mol. The van der Waals surface area contributed by atoms with Crippen molar-refractivity contribution < 1.29 is 39.8 Å². The van der Waals surface area contributed by atoms with Crippen LogP contribution in [0.1, 0.15) is 240 Å². The standard InChI is InChI=1S/C50H97NO8/c1-5-7-9-11-13-15-16-17-18-19-20-21-22-23-24-25-26-28-30-32-34-36-41(4)49(57)51-42(37-40(3)35-33-31-29-27-14-12-10-8-6-2)45(53)43(51)39-58-50-48(56)47(55)46(54)44(38-52)59-50/h40-48,50,52-56H,5-39H2,1-4H3/t40?,41?,42-,43-,44?,45+,46?,47?,48?,50?/m0/s1. The topological polar surface area (TPSA) is 140 Å². The second-order valence-corrected chi connectivity index (χ2v) is 19.1. The van der Waals surface area contributed by atoms with E-state index in [0.717, 1.165) is 38.5 Å². The lowest BCUT2D eigenvalue weighted by Crippen LogP contribution is -2.72. The van der Waals surface area contributed by atoms with Crippen molar-refractivity contribution in [1.82, 2.24) is 4.90 Å². The Morgan fingerprint density at radius 1 is 0.525 bits per heavy atom. The van der Waals surface area contributed by atoms with Gasteiger partial charge in [-0.15, -0.1) is 0 Å². The van der Waals surface area contributed by atoms with Crippen LogP contribution in [0.25, 0.3) is 0 Å². The van der Waals surface area contributed by atoms with Crippen LogP contribution in [0.15, 0.2) is 0 Å². The third-order valence-electron chi connectivity index (χ3n) is 13.6. The molecular formula is C50H97NO8. The highest BCUT2D eigenvalue weighted by Gasteiger charge is 2.52. The summed E-state index contributed by atoms with van der Waals surface area (Å²) < 4.78 is 11.4. The first-order valence-corrected chi connectivity index (χ1v) is 25.6. The van der Waals surface area contributed by atoms with Crippen molar-refractivity contribution in [3.63, 3.8) is 0 Å². The number of rotatable bonds is 39. The highest BCUT2D eigenvalue weighted by Crippen LogP contribution is 2.36. The van der Waals surface area contributed by atoms with E-state index in [1.54, 1.807) is 0 Å². The van der Waals surface area contributed by atoms with Gasteiger partial charge in [0.25, 0.3) is 0 Å². The molecule has 2 rings (SSSR count). The maximum atomic E-state index is 14.0. The van der Waals surface area contributed by atoms with Crippen LogP contribution in [0.3, 0.4) is 0 Å². The number of nitrogens with zero attached hydrogens (tertiary/aromatic N) is 1. The first-order chi connectivity index (χ1) is 28.7. The Morgan fingerprint density at radius 2 is 0.915 bits per heavy atom. The number of aliphatic hydroxyl groups is 5. The highest BCUT2D eigenvalue weighted by molar-refractivity contribution is 5.80. The molecule has 0 radical (unpaired) electrons. The molecule has 1 amide bonds. The number of hydrogen-bond acceptors (Lipinski definition) is 8. The third-order valence-corrected chi connectivity index (χ3v) is 13.6. The molecular weight excluding hydrogens is 743 g/mol. The van der Waals surface area contributed by atoms with Crippen LogP contribution in [-0.2, 0) is 14.3 Å². The van der Waals surface area contributed by atoms with E-state index in [4.69, 9.17) is 9.47 Å². The van der Waals surface area contributed by atoms with Gasteiger partial charge >= 0.3 is 0 Å². The van der Waals surface area contributed by atoms with E-state index in [-0.39, 0.29) is 24.5 Å². The molecule has 0 aromatic rings. The molecule has 0 saturated carbocycles. The van der Waals surface area contributed by atoms with E-state index in [1.807, 2.05) is 11.8 Å². The normalized spacial score (nSPS) is 25.6. The van der Waals surface area contributed by atoms with Gasteiger partial charge in [-0.2, -0.15) is 0 Å². The SMILES string of the molecule is CCCCCCCCCCCCCCCCCCCCCCCC(C)C(=O)N1[C@@H](COC2OC(CO)C(O)C(O)C2O)[C@H](O)[C@@H]1CC(C)CCCCCCCCCCC. The van der Waals surface area contributed by atoms with Crippen LogP contribution >= 0.6 is 0 Å². The summed E-state index contributed by atoms with van der Waals surface area (Å²) in [6.45, 7) is 8.14. The Morgan fingerprint density at radius 3 is 1.32 bits per heavy atom. The van der Waals surface area contributed by atoms with E-state index in [9.17, 15) is 30.3 Å². The second-order valence-electron chi connectivity index (χ2n) is 19.1. The van der Waals surface area contributed by atoms with E-state index < -0.39 is 49.5 Å². The lowest BCUT2D eigenvalue weighted by molar-refractivity contribution is -0.308. The van der Waals surface area contributed by atoms with Crippen LogP contribution in [-0.4, -0.2) is 98.4 Å². The Bertz CT molecular complexity index is 985. The predicted octanol–water partition coefficient (Wildman–Crippen LogP) is 10.9. The van der Waals surface area contributed by atoms with Gasteiger partial charge in [-0.25, -0.2) is 0 Å². The zero-order chi connectivity index (χ0) is 43.1. The van der Waals surface area contributed by atoms with Gasteiger partial charge in [0.1, 0.15) is 24.4 Å². The fourth-order valence-electron chi connectivity index (χ4n) is 9.48. The molecule has 0 aromatic carbocycles. The summed E-state index contributed by atoms with van der Waals surface area (Å²) in [5.74, 6) is 0.227. The summed E-state index contributed by atoms with van der Waals surface area (Å²) in [5, 5.41) is 51.9. The summed E-state index contributed by atoms with van der Waals surface area (Å²) >= 11 is 0. The first kappa shape index (κ1) is 54.3. The maximum Gasteiger partial charge on any atom is 0.226 e. The lowest BCUT2D eigenvalue weighted by Gasteiger charge is -2.54. The fraction of sp³-hybridized carbons (Fsp3) is 0.980. The van der Waals surface area contributed by atoms with Crippen molar-refractivity contribution in [3.05, 3.63) is 0 Å². The molecule has 7 unspecified atom stereocenters. The molecule has 2 fully saturated rings. The largest absolute Gasteiger partial charge is 0.394 e. The van der Waals surface area contributed by atoms with E-state index >= 15 is 0 Å². The number of carbonyl (C=O) groups excluding carboxylic acids is 1. The number of carbonyl (C=O) groups is 1. The molecule has 0 aromatic heterocycles. The van der Waals surface area contributed by atoms with Gasteiger partial charge in [0, 0.05) is 5.92 Å². The van der Waals surface area contributed by atoms with Crippen molar-refractivity contribution in [2.45, 2.75) is 288 Å². The quantitative estimate of drug-likeness (QED) is 0.0386. The van der Waals surface area contributed by atoms with Crippen molar-refractivity contribution in [1.29, 1.82) is 0 Å². The summed E-state index contributed by atoms with van der Waals surface area (Å²) in [6.07, 6.45) is 34.8. The Kier molecular flexibility index (Phi) is 31.9. The highest BCUT2D eigenvalue weighted by atomic mass is 16.7. The van der Waals surface area contributed by atoms with Crippen LogP contribution in [0.2, 0.25) is 0 Å². The number of hydrogen-bond donors (Lipinski definition) is 5. The molecule has 59 heavy (non-hydrogen) atoms. The van der Waals surface area contributed by atoms with Crippen molar-refractivity contribution >= 4 is 5.91 Å². The van der Waals surface area contributed by atoms with Crippen LogP contribution in [0, 0.1) is 11.8 Å². The Hall–Kier alpha value is -0.810. The number of unbranched alkanes of at least 4 members (excludes halogenated alkanes) is 28. The van der Waals surface area contributed by atoms with E-state index in [2.05, 4.69) is 20.8 Å². The zero-order valence-corrected chi connectivity index (χ0v) is 38.9. The van der Waals surface area contributed by atoms with Gasteiger partial charge in [-0.05, 0) is 18.8 Å². The number of aliphatic hydroxyl groups excluding tert-OH is 5. The molecule has 2 heterocycles. The Labute approximate surface area is 363 Å². The molecule has 2 aliphatic rings. The molecule has 350 valence electrons. The van der Waals surface area contributed by atoms with E-state index in [1.165, 1.54) is 173 Å². The van der Waals surface area contributed by atoms with Gasteiger partial charge in [-0.3, -0.25) is 4.79 Å². The Balaban J connectivity index is 1.68. The van der Waals surface area contributed by atoms with Gasteiger partial charge in [-0.1, -0.05) is 227 Å². The summed E-state index contributed by atoms with van der Waals surface area (Å²) in [7, 11) is 0. The van der Waals surface area contributed by atoms with Gasteiger partial charge < -0.3 is 39.9 Å². The summed E-state index contributed by atoms with van der Waals surface area (Å²) in [6, 6.07) is -0.886. The average molecular weight is 840 g/mol. The molecule has 9 nitrogen and oxygen atoms in total. The minimum absolute atomic E-state index is 0.0335. The molecule has 0 aliphatic carbocycles. The predicted molar refractivity (Wildman–Crippen MR) is 242 cm³/mol. The number of likely N-dealkylation sites (tertiary alicyclic amines) is 1. The molecule has 0 bridgehead atoms. The summed E-state index contributed by atoms with van der Waals surface area (Å²) in [5.41, 5.74) is 0. The fourth-order valence-corrected chi connectivity index (χ4v) is 9.48. The lowest BCUT2D eigenvalue weighted by atomic mass is 9.81. The van der Waals surface area contributed by atoms with Crippen LogP contribution < -0.4 is 0 Å². The minimum atomic E-state index is -1.54. The van der Waals surface area contributed by atoms with Crippen LogP contribution in [0.5, 0.6) is 0 Å². The molecule has 2 aliphatic heterocycles. The molecule has 10 atom stereocenters. The van der Waals surface area contributed by atoms with Crippen LogP contribution in [0.4, 0.5) is 0 Å². The van der Waals surface area contributed by atoms with Gasteiger partial charge in [0.15, 0.2) is 6.29 Å². The van der Waals surface area contributed by atoms with Crippen molar-refractivity contribution in [2.24, 2.45) is 11.8 Å². The average Bonchev–Trinajstić information content (AvgIpc) is 3.23. The third kappa shape index (κ3) is 22.4. The maximum absolute atomic E-state index is 14.0. The summed E-state index contributed by atoms with van der Waals surface area (Å²) in [4.78, 5) is 15.8. The first-order valence-electron chi connectivity index (χ1n) is 25.6. The molecule has 2 saturated heterocycles. The molecule has 9 heteroatoms. The minimum Gasteiger partial charge on any atom is -0.394 e. The van der Waals surface area contributed by atoms with Crippen molar-refractivity contribution in [3.8, 4) is 0 Å². The van der Waals surface area contributed by atoms with E-state index in [0.29, 0.717) is 5.92 Å². The second kappa shape index (κ2) is 34.6. The number of amides is 1. The number of ether oxygens (including phenoxy) is 2. The van der Waals surface area contributed by atoms with Crippen molar-refractivity contribution in [2.75, 3.05) is 13.2 Å². The van der Waals surface area contributed by atoms with Gasteiger partial charge in [0.2, 0.25) is 5.91 Å². The smallest absolute Gasteiger partial charge is 0.226 e. The molecule has 5 N–H and O–H groups in total. The van der Waals surface area contributed by atoms with Gasteiger partial charge in [0.05, 0.1) is 31.4 Å².